The molecule has 1 fully saturated rings. The van der Waals surface area contributed by atoms with Crippen LogP contribution in [0.15, 0.2) is 91.0 Å². The zero-order valence-corrected chi connectivity index (χ0v) is 19.7. The van der Waals surface area contributed by atoms with Crippen molar-refractivity contribution in [1.82, 2.24) is 0 Å². The van der Waals surface area contributed by atoms with Crippen LogP contribution in [0.5, 0.6) is 0 Å². The molecule has 1 unspecified atom stereocenters. The van der Waals surface area contributed by atoms with E-state index in [1.165, 1.54) is 0 Å². The molecule has 176 valence electrons. The molecule has 0 aromatic heterocycles. The fourth-order valence-corrected chi connectivity index (χ4v) is 4.05. The number of rotatable bonds is 8. The van der Waals surface area contributed by atoms with E-state index in [4.69, 9.17) is 18.9 Å². The number of aliphatic hydroxyl groups is 1. The smallest absolute Gasteiger partial charge is 0.338 e. The van der Waals surface area contributed by atoms with E-state index in [2.05, 4.69) is 15.9 Å². The molecule has 1 aliphatic heterocycles. The number of carbonyl (C=O) groups excluding carboxylic acids is 2. The number of halogens is 1. The van der Waals surface area contributed by atoms with Gasteiger partial charge >= 0.3 is 17.9 Å². The Bertz CT molecular complexity index is 1090. The summed E-state index contributed by atoms with van der Waals surface area (Å²) in [5.74, 6) is -3.71. The Labute approximate surface area is 205 Å². The van der Waals surface area contributed by atoms with Gasteiger partial charge in [-0.2, -0.15) is 0 Å². The van der Waals surface area contributed by atoms with Gasteiger partial charge in [-0.25, -0.2) is 9.59 Å². The van der Waals surface area contributed by atoms with Crippen molar-refractivity contribution >= 4 is 27.9 Å². The second-order valence-electron chi connectivity index (χ2n) is 7.64. The molecule has 0 spiro atoms. The normalized spacial score (nSPS) is 23.9. The highest BCUT2D eigenvalue weighted by atomic mass is 79.9. The van der Waals surface area contributed by atoms with Crippen LogP contribution in [0.1, 0.15) is 26.3 Å². The first-order valence-corrected chi connectivity index (χ1v) is 11.8. The van der Waals surface area contributed by atoms with Crippen LogP contribution in [0.4, 0.5) is 0 Å². The molecular weight excluding hydrogens is 504 g/mol. The molecule has 1 saturated heterocycles. The average molecular weight is 527 g/mol. The maximum Gasteiger partial charge on any atom is 0.338 e. The predicted molar refractivity (Wildman–Crippen MR) is 126 cm³/mol. The summed E-state index contributed by atoms with van der Waals surface area (Å²) in [6, 6.07) is 25.8. The molecule has 34 heavy (non-hydrogen) atoms. The summed E-state index contributed by atoms with van der Waals surface area (Å²) < 4.78 is 22.8. The van der Waals surface area contributed by atoms with E-state index >= 15 is 0 Å². The van der Waals surface area contributed by atoms with Gasteiger partial charge in [0.25, 0.3) is 0 Å². The molecule has 0 saturated carbocycles. The van der Waals surface area contributed by atoms with Crippen molar-refractivity contribution in [2.24, 2.45) is 0 Å². The standard InChI is InChI=1S/C26H23BrO7/c27-16-21-22(32-24(28)19-12-6-2-7-13-19)23(33-25(29)20-14-8-3-9-15-20)26(30,34-21)31-17-18-10-4-1-5-11-18/h1-15,21-23,30H,16-17H2/t21-,22+,23?,26-/m1/s1. The van der Waals surface area contributed by atoms with E-state index in [9.17, 15) is 14.7 Å². The molecular formula is C26H23BrO7. The Hall–Kier alpha value is -3.04. The summed E-state index contributed by atoms with van der Waals surface area (Å²) in [6.07, 6.45) is -3.43. The highest BCUT2D eigenvalue weighted by molar-refractivity contribution is 9.09. The van der Waals surface area contributed by atoms with E-state index < -0.39 is 36.2 Å². The van der Waals surface area contributed by atoms with Gasteiger partial charge in [0.2, 0.25) is 6.10 Å². The van der Waals surface area contributed by atoms with Crippen LogP contribution in [-0.4, -0.2) is 46.7 Å². The Morgan fingerprint density at radius 3 is 1.85 bits per heavy atom. The number of hydrogen-bond donors (Lipinski definition) is 1. The van der Waals surface area contributed by atoms with Crippen molar-refractivity contribution in [3.05, 3.63) is 108 Å². The lowest BCUT2D eigenvalue weighted by Gasteiger charge is -2.29. The highest BCUT2D eigenvalue weighted by Gasteiger charge is 2.60. The fraction of sp³-hybridized carbons (Fsp3) is 0.231. The number of carbonyl (C=O) groups is 2. The summed E-state index contributed by atoms with van der Waals surface area (Å²) in [5, 5.41) is 11.5. The van der Waals surface area contributed by atoms with Gasteiger partial charge in [0, 0.05) is 5.33 Å². The van der Waals surface area contributed by atoms with Crippen LogP contribution >= 0.6 is 15.9 Å². The molecule has 8 heteroatoms. The number of hydrogen-bond acceptors (Lipinski definition) is 7. The molecule has 3 aromatic carbocycles. The van der Waals surface area contributed by atoms with Gasteiger partial charge in [-0.1, -0.05) is 82.7 Å². The first-order valence-electron chi connectivity index (χ1n) is 10.7. The highest BCUT2D eigenvalue weighted by Crippen LogP contribution is 2.37. The Morgan fingerprint density at radius 2 is 1.32 bits per heavy atom. The second kappa shape index (κ2) is 10.9. The lowest BCUT2D eigenvalue weighted by atomic mass is 10.1. The largest absolute Gasteiger partial charge is 0.452 e. The topological polar surface area (TPSA) is 91.3 Å². The first-order chi connectivity index (χ1) is 16.5. The van der Waals surface area contributed by atoms with Crippen molar-refractivity contribution in [2.75, 3.05) is 5.33 Å². The maximum absolute atomic E-state index is 12.9. The third-order valence-electron chi connectivity index (χ3n) is 5.28. The van der Waals surface area contributed by atoms with E-state index in [0.717, 1.165) is 5.56 Å². The van der Waals surface area contributed by atoms with Crippen LogP contribution in [0.2, 0.25) is 0 Å². The minimum absolute atomic E-state index is 0.0227. The first kappa shape index (κ1) is 24.1. The minimum atomic E-state index is -2.35. The predicted octanol–water partition coefficient (Wildman–Crippen LogP) is 4.09. The van der Waals surface area contributed by atoms with E-state index in [1.54, 1.807) is 60.7 Å². The molecule has 1 N–H and O–H groups in total. The quantitative estimate of drug-likeness (QED) is 0.268. The molecule has 0 radical (unpaired) electrons. The summed E-state index contributed by atoms with van der Waals surface area (Å²) >= 11 is 3.33. The van der Waals surface area contributed by atoms with Crippen molar-refractivity contribution in [3.63, 3.8) is 0 Å². The van der Waals surface area contributed by atoms with Gasteiger partial charge < -0.3 is 24.1 Å². The van der Waals surface area contributed by atoms with Gasteiger partial charge in [-0.15, -0.1) is 0 Å². The third-order valence-corrected chi connectivity index (χ3v) is 5.92. The maximum atomic E-state index is 12.9. The second-order valence-corrected chi connectivity index (χ2v) is 8.29. The van der Waals surface area contributed by atoms with Crippen molar-refractivity contribution < 1.29 is 33.6 Å². The van der Waals surface area contributed by atoms with E-state index in [1.807, 2.05) is 30.3 Å². The number of alkyl halides is 1. The number of ether oxygens (including phenoxy) is 4. The molecule has 0 amide bonds. The molecule has 3 aromatic rings. The van der Waals surface area contributed by atoms with E-state index in [-0.39, 0.29) is 17.5 Å². The molecule has 1 aliphatic rings. The third kappa shape index (κ3) is 5.53. The van der Waals surface area contributed by atoms with Crippen molar-refractivity contribution in [2.45, 2.75) is 30.9 Å². The van der Waals surface area contributed by atoms with Crippen molar-refractivity contribution in [3.8, 4) is 0 Å². The minimum Gasteiger partial charge on any atom is -0.452 e. The van der Waals surface area contributed by atoms with Crippen LogP contribution < -0.4 is 0 Å². The van der Waals surface area contributed by atoms with Crippen LogP contribution in [0.25, 0.3) is 0 Å². The Morgan fingerprint density at radius 1 is 0.824 bits per heavy atom. The van der Waals surface area contributed by atoms with Crippen LogP contribution in [-0.2, 0) is 25.6 Å². The fourth-order valence-electron chi connectivity index (χ4n) is 3.55. The van der Waals surface area contributed by atoms with Gasteiger partial charge in [-0.05, 0) is 29.8 Å². The molecule has 4 rings (SSSR count). The summed E-state index contributed by atoms with van der Waals surface area (Å²) in [4.78, 5) is 25.7. The van der Waals surface area contributed by atoms with Crippen LogP contribution in [0, 0.1) is 0 Å². The molecule has 0 bridgehead atoms. The van der Waals surface area contributed by atoms with Gasteiger partial charge in [0.05, 0.1) is 17.7 Å². The monoisotopic (exact) mass is 526 g/mol. The van der Waals surface area contributed by atoms with Gasteiger partial charge in [0.15, 0.2) is 6.10 Å². The van der Waals surface area contributed by atoms with Crippen molar-refractivity contribution in [1.29, 1.82) is 0 Å². The summed E-state index contributed by atoms with van der Waals surface area (Å²) in [6.45, 7) is -0.0227. The lowest BCUT2D eigenvalue weighted by molar-refractivity contribution is -0.378. The number of esters is 2. The molecule has 7 nitrogen and oxygen atoms in total. The molecule has 4 atom stereocenters. The molecule has 0 aliphatic carbocycles. The van der Waals surface area contributed by atoms with E-state index in [0.29, 0.717) is 5.56 Å². The zero-order chi connectivity index (χ0) is 24.0. The summed E-state index contributed by atoms with van der Waals surface area (Å²) in [5.41, 5.74) is 1.35. The zero-order valence-electron chi connectivity index (χ0n) is 18.1. The summed E-state index contributed by atoms with van der Waals surface area (Å²) in [7, 11) is 0. The van der Waals surface area contributed by atoms with Crippen LogP contribution in [0.3, 0.4) is 0 Å². The Kier molecular flexibility index (Phi) is 7.74. The van der Waals surface area contributed by atoms with Gasteiger partial charge in [0.1, 0.15) is 6.10 Å². The SMILES string of the molecule is O=C(OC1[C@@H](OC(=O)c2ccccc2)[C@@H](CBr)O[C@]1(O)OCc1ccccc1)c1ccccc1. The molecule has 1 heterocycles. The number of benzene rings is 3. The Balaban J connectivity index is 1.61. The lowest BCUT2D eigenvalue weighted by Crippen LogP contribution is -2.49. The average Bonchev–Trinajstić information content (AvgIpc) is 3.15. The van der Waals surface area contributed by atoms with Gasteiger partial charge in [-0.3, -0.25) is 0 Å².